The lowest BCUT2D eigenvalue weighted by atomic mass is 10.3. The maximum absolute atomic E-state index is 12.0. The molecule has 19 heavy (non-hydrogen) atoms. The van der Waals surface area contributed by atoms with Crippen molar-refractivity contribution in [3.05, 3.63) is 52.2 Å². The number of nitrogens with one attached hydrogen (secondary N) is 1. The van der Waals surface area contributed by atoms with Crippen LogP contribution in [0.4, 0.5) is 0 Å². The van der Waals surface area contributed by atoms with Crippen molar-refractivity contribution in [1.29, 1.82) is 0 Å². The summed E-state index contributed by atoms with van der Waals surface area (Å²) in [6, 6.07) is 3.84. The van der Waals surface area contributed by atoms with Crippen LogP contribution in [0.5, 0.6) is 0 Å². The Morgan fingerprint density at radius 1 is 1.53 bits per heavy atom. The van der Waals surface area contributed by atoms with Crippen LogP contribution in [0.25, 0.3) is 5.78 Å². The number of amides is 1. The highest BCUT2D eigenvalue weighted by Gasteiger charge is 2.11. The zero-order valence-electron chi connectivity index (χ0n) is 10.3. The van der Waals surface area contributed by atoms with Crippen LogP contribution in [-0.4, -0.2) is 20.3 Å². The third kappa shape index (κ3) is 2.34. The summed E-state index contributed by atoms with van der Waals surface area (Å²) in [5.41, 5.74) is 1.58. The first kappa shape index (κ1) is 11.9. The van der Waals surface area contributed by atoms with E-state index >= 15 is 0 Å². The average molecular weight is 272 g/mol. The number of imidazole rings is 1. The van der Waals surface area contributed by atoms with Crippen molar-refractivity contribution in [2.24, 2.45) is 0 Å². The number of thiophene rings is 1. The zero-order valence-corrected chi connectivity index (χ0v) is 11.1. The van der Waals surface area contributed by atoms with Crippen LogP contribution in [0, 0.1) is 6.92 Å². The predicted octanol–water partition coefficient (Wildman–Crippen LogP) is 2.03. The van der Waals surface area contributed by atoms with E-state index in [1.54, 1.807) is 34.2 Å². The molecule has 0 aromatic carbocycles. The maximum atomic E-state index is 12.0. The molecule has 0 atom stereocenters. The van der Waals surface area contributed by atoms with Crippen molar-refractivity contribution in [3.63, 3.8) is 0 Å². The van der Waals surface area contributed by atoms with E-state index in [9.17, 15) is 4.79 Å². The Kier molecular flexibility index (Phi) is 3.00. The van der Waals surface area contributed by atoms with Crippen LogP contribution in [0.15, 0.2) is 36.1 Å². The first-order valence-corrected chi connectivity index (χ1v) is 6.73. The predicted molar refractivity (Wildman–Crippen MR) is 73.2 cm³/mol. The molecule has 96 valence electrons. The molecule has 0 fully saturated rings. The van der Waals surface area contributed by atoms with Crippen molar-refractivity contribution in [3.8, 4) is 0 Å². The van der Waals surface area contributed by atoms with Gasteiger partial charge in [0, 0.05) is 23.5 Å². The summed E-state index contributed by atoms with van der Waals surface area (Å²) in [7, 11) is 0. The summed E-state index contributed by atoms with van der Waals surface area (Å²) in [6.07, 6.45) is 5.15. The van der Waals surface area contributed by atoms with E-state index in [0.717, 1.165) is 4.88 Å². The minimum absolute atomic E-state index is 0.182. The van der Waals surface area contributed by atoms with Crippen LogP contribution >= 0.6 is 11.3 Å². The van der Waals surface area contributed by atoms with Gasteiger partial charge in [-0.05, 0) is 30.0 Å². The highest BCUT2D eigenvalue weighted by molar-refractivity contribution is 7.10. The van der Waals surface area contributed by atoms with Gasteiger partial charge < -0.3 is 5.32 Å². The fourth-order valence-electron chi connectivity index (χ4n) is 1.78. The molecule has 0 aliphatic carbocycles. The fourth-order valence-corrected chi connectivity index (χ4v) is 2.62. The van der Waals surface area contributed by atoms with Crippen molar-refractivity contribution in [2.75, 3.05) is 0 Å². The van der Waals surface area contributed by atoms with Gasteiger partial charge in [0.1, 0.15) is 5.69 Å². The quantitative estimate of drug-likeness (QED) is 0.793. The van der Waals surface area contributed by atoms with Crippen molar-refractivity contribution in [2.45, 2.75) is 13.5 Å². The fraction of sp³-hybridized carbons (Fsp3) is 0.154. The van der Waals surface area contributed by atoms with Crippen molar-refractivity contribution < 1.29 is 4.79 Å². The number of hydrogen-bond acceptors (Lipinski definition) is 4. The Hall–Kier alpha value is -2.21. The molecular formula is C13H12N4OS. The van der Waals surface area contributed by atoms with E-state index < -0.39 is 0 Å². The minimum Gasteiger partial charge on any atom is -0.346 e. The highest BCUT2D eigenvalue weighted by Crippen LogP contribution is 2.15. The van der Waals surface area contributed by atoms with Gasteiger partial charge in [0.05, 0.1) is 6.54 Å². The molecule has 0 spiro atoms. The Bertz CT molecular complexity index is 698. The molecule has 0 aliphatic heterocycles. The molecule has 3 aromatic rings. The number of aryl methyl sites for hydroxylation is 1. The maximum Gasteiger partial charge on any atom is 0.271 e. The van der Waals surface area contributed by atoms with E-state index in [4.69, 9.17) is 0 Å². The molecule has 0 aliphatic rings. The van der Waals surface area contributed by atoms with Crippen LogP contribution in [-0.2, 0) is 6.54 Å². The van der Waals surface area contributed by atoms with Gasteiger partial charge in [0.25, 0.3) is 5.91 Å². The summed E-state index contributed by atoms with van der Waals surface area (Å²) < 4.78 is 1.73. The molecule has 0 saturated heterocycles. The summed E-state index contributed by atoms with van der Waals surface area (Å²) in [5.74, 6) is 0.346. The molecule has 6 heteroatoms. The summed E-state index contributed by atoms with van der Waals surface area (Å²) in [6.45, 7) is 2.57. The Morgan fingerprint density at radius 3 is 3.16 bits per heavy atom. The molecular weight excluding hydrogens is 260 g/mol. The standard InChI is InChI=1S/C13H12N4OS/c1-9-3-6-19-11(9)7-15-12(18)10-8-17-5-2-4-14-13(17)16-10/h2-6,8H,7H2,1H3,(H,15,18). The second-order valence-corrected chi connectivity index (χ2v) is 5.16. The largest absolute Gasteiger partial charge is 0.346 e. The zero-order chi connectivity index (χ0) is 13.2. The SMILES string of the molecule is Cc1ccsc1CNC(=O)c1cn2cccnc2n1. The van der Waals surface area contributed by atoms with Crippen LogP contribution < -0.4 is 5.32 Å². The number of nitrogens with zero attached hydrogens (tertiary/aromatic N) is 3. The van der Waals surface area contributed by atoms with Gasteiger partial charge in [0.2, 0.25) is 5.78 Å². The lowest BCUT2D eigenvalue weighted by Gasteiger charge is -2.01. The first-order valence-electron chi connectivity index (χ1n) is 5.85. The van der Waals surface area contributed by atoms with Crippen molar-refractivity contribution >= 4 is 23.0 Å². The number of fused-ring (bicyclic) bond motifs is 1. The average Bonchev–Trinajstić information content (AvgIpc) is 3.01. The van der Waals surface area contributed by atoms with Gasteiger partial charge in [-0.1, -0.05) is 0 Å². The number of carbonyl (C=O) groups is 1. The van der Waals surface area contributed by atoms with Gasteiger partial charge in [-0.3, -0.25) is 9.20 Å². The van der Waals surface area contributed by atoms with Gasteiger partial charge in [-0.2, -0.15) is 0 Å². The molecule has 1 N–H and O–H groups in total. The molecule has 3 rings (SSSR count). The van der Waals surface area contributed by atoms with Crippen LogP contribution in [0.1, 0.15) is 20.9 Å². The third-order valence-corrected chi connectivity index (χ3v) is 3.87. The summed E-state index contributed by atoms with van der Waals surface area (Å²) in [4.78, 5) is 21.4. The second kappa shape index (κ2) is 4.81. The van der Waals surface area contributed by atoms with Crippen LogP contribution in [0.2, 0.25) is 0 Å². The molecule has 1 amide bonds. The van der Waals surface area contributed by atoms with E-state index in [2.05, 4.69) is 15.3 Å². The molecule has 0 unspecified atom stereocenters. The van der Waals surface area contributed by atoms with Crippen LogP contribution in [0.3, 0.4) is 0 Å². The van der Waals surface area contributed by atoms with Gasteiger partial charge >= 0.3 is 0 Å². The lowest BCUT2D eigenvalue weighted by Crippen LogP contribution is -2.22. The number of rotatable bonds is 3. The first-order chi connectivity index (χ1) is 9.24. The van der Waals surface area contributed by atoms with Crippen molar-refractivity contribution in [1.82, 2.24) is 19.7 Å². The Labute approximate surface area is 113 Å². The van der Waals surface area contributed by atoms with E-state index in [-0.39, 0.29) is 5.91 Å². The smallest absolute Gasteiger partial charge is 0.271 e. The lowest BCUT2D eigenvalue weighted by molar-refractivity contribution is 0.0947. The van der Waals surface area contributed by atoms with E-state index in [1.165, 1.54) is 5.56 Å². The molecule has 0 bridgehead atoms. The van der Waals surface area contributed by atoms with E-state index in [1.807, 2.05) is 24.6 Å². The van der Waals surface area contributed by atoms with Gasteiger partial charge in [-0.15, -0.1) is 11.3 Å². The molecule has 3 heterocycles. The molecule has 3 aromatic heterocycles. The number of aromatic nitrogens is 3. The minimum atomic E-state index is -0.182. The summed E-state index contributed by atoms with van der Waals surface area (Å²) in [5, 5.41) is 4.89. The normalized spacial score (nSPS) is 10.8. The third-order valence-electron chi connectivity index (χ3n) is 2.85. The molecule has 0 radical (unpaired) electrons. The Balaban J connectivity index is 1.75. The molecule has 0 saturated carbocycles. The second-order valence-electron chi connectivity index (χ2n) is 4.16. The van der Waals surface area contributed by atoms with Gasteiger partial charge in [-0.25, -0.2) is 9.97 Å². The molecule has 5 nitrogen and oxygen atoms in total. The number of hydrogen-bond donors (Lipinski definition) is 1. The number of carbonyl (C=O) groups excluding carboxylic acids is 1. The summed E-state index contributed by atoms with van der Waals surface area (Å²) >= 11 is 1.64. The topological polar surface area (TPSA) is 59.3 Å². The Morgan fingerprint density at radius 2 is 2.42 bits per heavy atom. The van der Waals surface area contributed by atoms with Gasteiger partial charge in [0.15, 0.2) is 0 Å². The monoisotopic (exact) mass is 272 g/mol. The highest BCUT2D eigenvalue weighted by atomic mass is 32.1. The van der Waals surface area contributed by atoms with E-state index in [0.29, 0.717) is 18.0 Å².